The molecule has 8 heteroatoms. The van der Waals surface area contributed by atoms with Crippen LogP contribution in [0.5, 0.6) is 0 Å². The highest BCUT2D eigenvalue weighted by molar-refractivity contribution is 7.98. The van der Waals surface area contributed by atoms with Gasteiger partial charge in [-0.15, -0.1) is 0 Å². The molecular weight excluding hydrogens is 458 g/mol. The second-order valence-electron chi connectivity index (χ2n) is 9.54. The van der Waals surface area contributed by atoms with E-state index in [2.05, 4.69) is 31.0 Å². The Kier molecular flexibility index (Phi) is 8.65. The largest absolute Gasteiger partial charge is 0.357 e. The number of aromatic nitrogens is 2. The van der Waals surface area contributed by atoms with Crippen molar-refractivity contribution in [3.8, 4) is 0 Å². The van der Waals surface area contributed by atoms with E-state index in [1.807, 2.05) is 23.1 Å². The minimum Gasteiger partial charge on any atom is -0.357 e. The number of hydrogen-bond donors (Lipinski definition) is 0. The fourth-order valence-electron chi connectivity index (χ4n) is 4.89. The van der Waals surface area contributed by atoms with E-state index in [0.29, 0.717) is 43.5 Å². The summed E-state index contributed by atoms with van der Waals surface area (Å²) in [5, 5.41) is 0.791. The highest BCUT2D eigenvalue weighted by Gasteiger charge is 2.24. The summed E-state index contributed by atoms with van der Waals surface area (Å²) in [6.07, 6.45) is 7.27. The highest BCUT2D eigenvalue weighted by Crippen LogP contribution is 2.28. The fraction of sp³-hybridized carbons (Fsp3) is 0.556. The van der Waals surface area contributed by atoms with Gasteiger partial charge in [-0.25, -0.2) is 9.97 Å². The Morgan fingerprint density at radius 2 is 1.74 bits per heavy atom. The van der Waals surface area contributed by atoms with Crippen molar-refractivity contribution in [1.29, 1.82) is 0 Å². The molecule has 188 valence electrons. The zero-order valence-corrected chi connectivity index (χ0v) is 22.0. The van der Waals surface area contributed by atoms with Gasteiger partial charge >= 0.3 is 0 Å². The molecule has 1 aliphatic heterocycles. The summed E-state index contributed by atoms with van der Waals surface area (Å²) in [7, 11) is 2.16. The summed E-state index contributed by atoms with van der Waals surface area (Å²) in [5.74, 6) is 1.82. The zero-order chi connectivity index (χ0) is 24.8. The maximum Gasteiger partial charge on any atom is 0.253 e. The predicted molar refractivity (Wildman–Crippen MR) is 141 cm³/mol. The molecule has 2 amide bonds. The number of nitrogens with zero attached hydrogens (tertiary/aromatic N) is 5. The summed E-state index contributed by atoms with van der Waals surface area (Å²) in [4.78, 5) is 40.2. The quantitative estimate of drug-likeness (QED) is 0.419. The molecule has 35 heavy (non-hydrogen) atoms. The summed E-state index contributed by atoms with van der Waals surface area (Å²) in [6.45, 7) is 6.05. The Bertz CT molecular complexity index is 1030. The van der Waals surface area contributed by atoms with E-state index in [1.165, 1.54) is 32.1 Å². The van der Waals surface area contributed by atoms with Crippen LogP contribution in [0.1, 0.15) is 67.6 Å². The number of rotatable bonds is 7. The number of aryl methyl sites for hydroxylation is 1. The molecule has 0 atom stereocenters. The van der Waals surface area contributed by atoms with E-state index in [-0.39, 0.29) is 11.8 Å². The number of carbonyl (C=O) groups is 2. The van der Waals surface area contributed by atoms with Crippen LogP contribution in [-0.2, 0) is 17.0 Å². The van der Waals surface area contributed by atoms with Gasteiger partial charge in [0, 0.05) is 69.3 Å². The van der Waals surface area contributed by atoms with E-state index < -0.39 is 0 Å². The molecule has 1 aliphatic carbocycles. The maximum absolute atomic E-state index is 13.0. The van der Waals surface area contributed by atoms with Gasteiger partial charge in [0.25, 0.3) is 5.91 Å². The minimum atomic E-state index is 0.0284. The molecule has 1 saturated carbocycles. The second kappa shape index (κ2) is 11.9. The van der Waals surface area contributed by atoms with Gasteiger partial charge in [-0.2, -0.15) is 0 Å². The lowest BCUT2D eigenvalue weighted by molar-refractivity contribution is -0.130. The molecule has 0 unspecified atom stereocenters. The van der Waals surface area contributed by atoms with Gasteiger partial charge in [0.05, 0.1) is 0 Å². The van der Waals surface area contributed by atoms with Gasteiger partial charge in [-0.1, -0.05) is 50.1 Å². The third-order valence-electron chi connectivity index (χ3n) is 7.15. The molecule has 2 aromatic rings. The molecule has 2 aliphatic rings. The molecule has 0 N–H and O–H groups in total. The Balaban J connectivity index is 1.41. The Morgan fingerprint density at radius 3 is 2.43 bits per heavy atom. The normalized spacial score (nSPS) is 16.9. The maximum atomic E-state index is 13.0. The van der Waals surface area contributed by atoms with Crippen molar-refractivity contribution in [2.24, 2.45) is 0 Å². The van der Waals surface area contributed by atoms with Crippen molar-refractivity contribution in [3.63, 3.8) is 0 Å². The van der Waals surface area contributed by atoms with Crippen LogP contribution in [0.25, 0.3) is 0 Å². The van der Waals surface area contributed by atoms with E-state index in [4.69, 9.17) is 9.97 Å². The lowest BCUT2D eigenvalue weighted by Gasteiger charge is -2.34. The molecule has 0 bridgehead atoms. The summed E-state index contributed by atoms with van der Waals surface area (Å²) >= 11 is 1.62. The smallest absolute Gasteiger partial charge is 0.253 e. The summed E-state index contributed by atoms with van der Waals surface area (Å²) < 4.78 is 0. The average Bonchev–Trinajstić information content (AvgIpc) is 2.91. The van der Waals surface area contributed by atoms with Gasteiger partial charge in [0.15, 0.2) is 5.16 Å². The first-order chi connectivity index (χ1) is 16.9. The molecule has 4 rings (SSSR count). The number of carbonyl (C=O) groups excluding carboxylic acids is 2. The number of hydrogen-bond acceptors (Lipinski definition) is 6. The van der Waals surface area contributed by atoms with Gasteiger partial charge in [0.2, 0.25) is 5.91 Å². The van der Waals surface area contributed by atoms with Crippen LogP contribution in [0.4, 0.5) is 5.82 Å². The van der Waals surface area contributed by atoms with E-state index in [0.717, 1.165) is 28.7 Å². The van der Waals surface area contributed by atoms with Gasteiger partial charge < -0.3 is 14.7 Å². The van der Waals surface area contributed by atoms with Crippen molar-refractivity contribution in [3.05, 3.63) is 47.2 Å². The first-order valence-electron chi connectivity index (χ1n) is 12.8. The lowest BCUT2D eigenvalue weighted by Crippen LogP contribution is -2.50. The zero-order valence-electron chi connectivity index (χ0n) is 21.2. The third-order valence-corrected chi connectivity index (χ3v) is 8.06. The molecule has 1 saturated heterocycles. The Labute approximate surface area is 213 Å². The van der Waals surface area contributed by atoms with Crippen LogP contribution in [0.15, 0.2) is 35.5 Å². The van der Waals surface area contributed by atoms with Crippen molar-refractivity contribution in [2.75, 3.05) is 38.1 Å². The van der Waals surface area contributed by atoms with Crippen LogP contribution in [0.3, 0.4) is 0 Å². The Hall–Kier alpha value is -2.61. The van der Waals surface area contributed by atoms with Crippen LogP contribution < -0.4 is 4.90 Å². The van der Waals surface area contributed by atoms with Crippen LogP contribution in [0.2, 0.25) is 0 Å². The molecule has 7 nitrogen and oxygen atoms in total. The van der Waals surface area contributed by atoms with E-state index >= 15 is 0 Å². The molecule has 0 radical (unpaired) electrons. The molecule has 2 fully saturated rings. The molecule has 1 aromatic heterocycles. The van der Waals surface area contributed by atoms with Crippen LogP contribution >= 0.6 is 11.8 Å². The van der Waals surface area contributed by atoms with Gasteiger partial charge in [-0.05, 0) is 37.0 Å². The van der Waals surface area contributed by atoms with Crippen LogP contribution in [0, 0.1) is 0 Å². The standard InChI is InChI=1S/C27H37N5O2S/c1-4-23-18-25(30(3)24-11-6-5-7-12-24)29-27(28-23)35-19-21-9-8-10-22(17-21)26(34)32-15-13-31(14-16-32)20(2)33/h8-10,17-18,24H,4-7,11-16,19H2,1-3H3. The highest BCUT2D eigenvalue weighted by atomic mass is 32.2. The van der Waals surface area contributed by atoms with Crippen molar-refractivity contribution < 1.29 is 9.59 Å². The van der Waals surface area contributed by atoms with E-state index in [1.54, 1.807) is 23.6 Å². The van der Waals surface area contributed by atoms with Crippen molar-refractivity contribution >= 4 is 29.4 Å². The van der Waals surface area contributed by atoms with Crippen molar-refractivity contribution in [2.45, 2.75) is 69.3 Å². The number of anilines is 1. The molecule has 1 aromatic carbocycles. The van der Waals surface area contributed by atoms with Crippen LogP contribution in [-0.4, -0.2) is 70.9 Å². The van der Waals surface area contributed by atoms with Gasteiger partial charge in [0.1, 0.15) is 5.82 Å². The average molecular weight is 496 g/mol. The molecule has 0 spiro atoms. The third kappa shape index (κ3) is 6.54. The fourth-order valence-corrected chi connectivity index (χ4v) is 5.71. The topological polar surface area (TPSA) is 69.6 Å². The number of benzene rings is 1. The monoisotopic (exact) mass is 495 g/mol. The van der Waals surface area contributed by atoms with Gasteiger partial charge in [-0.3, -0.25) is 9.59 Å². The summed E-state index contributed by atoms with van der Waals surface area (Å²) in [6, 6.07) is 10.5. The molecular formula is C27H37N5O2S. The first-order valence-corrected chi connectivity index (χ1v) is 13.8. The SMILES string of the molecule is CCc1cc(N(C)C2CCCCC2)nc(SCc2cccc(C(=O)N3CCN(C(C)=O)CC3)c2)n1. The second-order valence-corrected chi connectivity index (χ2v) is 10.5. The summed E-state index contributed by atoms with van der Waals surface area (Å²) in [5.41, 5.74) is 2.84. The predicted octanol–water partition coefficient (Wildman–Crippen LogP) is 4.40. The van der Waals surface area contributed by atoms with Crippen molar-refractivity contribution in [1.82, 2.24) is 19.8 Å². The molecule has 2 heterocycles. The number of amides is 2. The Morgan fingerprint density at radius 1 is 1.03 bits per heavy atom. The minimum absolute atomic E-state index is 0.0284. The van der Waals surface area contributed by atoms with E-state index in [9.17, 15) is 9.59 Å². The number of thioether (sulfide) groups is 1. The lowest BCUT2D eigenvalue weighted by atomic mass is 9.94. The number of piperazine rings is 1. The first kappa shape index (κ1) is 25.5.